The Morgan fingerprint density at radius 3 is 2.85 bits per heavy atom. The highest BCUT2D eigenvalue weighted by Gasteiger charge is 2.30. The molecule has 138 valence electrons. The molecule has 1 saturated carbocycles. The first kappa shape index (κ1) is 16.8. The Balaban J connectivity index is 1.31. The van der Waals surface area contributed by atoms with Crippen LogP contribution in [0, 0.1) is 0 Å². The first-order valence-electron chi connectivity index (χ1n) is 10.4. The average Bonchev–Trinajstić information content (AvgIpc) is 3.12. The highest BCUT2D eigenvalue weighted by atomic mass is 35.5. The van der Waals surface area contributed by atoms with E-state index in [-0.39, 0.29) is 0 Å². The van der Waals surface area contributed by atoms with Crippen LogP contribution in [0.5, 0.6) is 0 Å². The maximum atomic E-state index is 6.48. The molecular formula is C22H28ClN3. The highest BCUT2D eigenvalue weighted by molar-refractivity contribution is 6.31. The molecule has 2 aliphatic carbocycles. The first-order valence-corrected chi connectivity index (χ1v) is 10.7. The molecule has 1 aliphatic heterocycles. The lowest BCUT2D eigenvalue weighted by atomic mass is 9.87. The van der Waals surface area contributed by atoms with E-state index in [0.717, 1.165) is 37.4 Å². The molecule has 3 aliphatic rings. The summed E-state index contributed by atoms with van der Waals surface area (Å²) in [7, 11) is 0. The molecule has 1 unspecified atom stereocenters. The number of aromatic nitrogens is 2. The fourth-order valence-electron chi connectivity index (χ4n) is 5.26. The standard InChI is InChI=1S/C22H28ClN3/c23-19-8-4-7-15-9-10-17(13-18(15)19)26-12-11-20-21(14-26)25-22(24-20)16-5-2-1-3-6-16/h4,7-8,16-17H,1-3,5-6,9-14H2,(H,24,25). The summed E-state index contributed by atoms with van der Waals surface area (Å²) >= 11 is 6.48. The van der Waals surface area contributed by atoms with Crippen molar-refractivity contribution in [3.05, 3.63) is 51.6 Å². The summed E-state index contributed by atoms with van der Waals surface area (Å²) < 4.78 is 0. The Kier molecular flexibility index (Phi) is 4.54. The minimum absolute atomic E-state index is 0.608. The van der Waals surface area contributed by atoms with Crippen LogP contribution in [0.15, 0.2) is 18.2 Å². The predicted octanol–water partition coefficient (Wildman–Crippen LogP) is 5.03. The Labute approximate surface area is 161 Å². The Morgan fingerprint density at radius 1 is 1.08 bits per heavy atom. The van der Waals surface area contributed by atoms with Crippen molar-refractivity contribution < 1.29 is 0 Å². The van der Waals surface area contributed by atoms with Crippen molar-refractivity contribution in [1.82, 2.24) is 14.9 Å². The second-order valence-corrected chi connectivity index (χ2v) is 8.78. The lowest BCUT2D eigenvalue weighted by Crippen LogP contribution is -2.42. The molecule has 4 heteroatoms. The molecule has 0 radical (unpaired) electrons. The average molecular weight is 370 g/mol. The normalized spacial score (nSPS) is 24.3. The number of benzene rings is 1. The molecule has 0 amide bonds. The van der Waals surface area contributed by atoms with E-state index in [1.165, 1.54) is 66.9 Å². The molecule has 0 spiro atoms. The molecule has 3 nitrogen and oxygen atoms in total. The van der Waals surface area contributed by atoms with Gasteiger partial charge in [0.15, 0.2) is 0 Å². The van der Waals surface area contributed by atoms with Crippen molar-refractivity contribution in [3.8, 4) is 0 Å². The van der Waals surface area contributed by atoms with Crippen LogP contribution < -0.4 is 0 Å². The molecule has 1 aromatic carbocycles. The number of rotatable bonds is 2. The second kappa shape index (κ2) is 7.01. The second-order valence-electron chi connectivity index (χ2n) is 8.38. The van der Waals surface area contributed by atoms with Crippen molar-refractivity contribution in [2.45, 2.75) is 76.3 Å². The largest absolute Gasteiger partial charge is 0.344 e. The monoisotopic (exact) mass is 369 g/mol. The molecule has 1 N–H and O–H groups in total. The molecule has 2 heterocycles. The fraction of sp³-hybridized carbons (Fsp3) is 0.591. The van der Waals surface area contributed by atoms with E-state index >= 15 is 0 Å². The van der Waals surface area contributed by atoms with Gasteiger partial charge >= 0.3 is 0 Å². The molecule has 1 aromatic heterocycles. The number of H-pyrrole nitrogens is 1. The maximum absolute atomic E-state index is 6.48. The number of aryl methyl sites for hydroxylation is 1. The van der Waals surface area contributed by atoms with Gasteiger partial charge in [0.05, 0.1) is 11.4 Å². The fourth-order valence-corrected chi connectivity index (χ4v) is 5.53. The number of fused-ring (bicyclic) bond motifs is 2. The molecule has 26 heavy (non-hydrogen) atoms. The minimum Gasteiger partial charge on any atom is -0.344 e. The molecule has 1 atom stereocenters. The zero-order valence-corrected chi connectivity index (χ0v) is 16.2. The number of hydrogen-bond acceptors (Lipinski definition) is 2. The summed E-state index contributed by atoms with van der Waals surface area (Å²) in [5.41, 5.74) is 5.54. The minimum atomic E-state index is 0.608. The highest BCUT2D eigenvalue weighted by Crippen LogP contribution is 2.34. The van der Waals surface area contributed by atoms with E-state index in [1.54, 1.807) is 0 Å². The lowest BCUT2D eigenvalue weighted by Gasteiger charge is -2.37. The van der Waals surface area contributed by atoms with E-state index in [9.17, 15) is 0 Å². The summed E-state index contributed by atoms with van der Waals surface area (Å²) in [6.07, 6.45) is 11.3. The van der Waals surface area contributed by atoms with Crippen LogP contribution in [0.4, 0.5) is 0 Å². The van der Waals surface area contributed by atoms with Gasteiger partial charge in [0.25, 0.3) is 0 Å². The zero-order chi connectivity index (χ0) is 17.5. The van der Waals surface area contributed by atoms with Crippen molar-refractivity contribution in [2.75, 3.05) is 6.54 Å². The maximum Gasteiger partial charge on any atom is 0.109 e. The molecular weight excluding hydrogens is 342 g/mol. The van der Waals surface area contributed by atoms with Crippen molar-refractivity contribution in [3.63, 3.8) is 0 Å². The summed E-state index contributed by atoms with van der Waals surface area (Å²) in [6, 6.07) is 6.99. The Hall–Kier alpha value is -1.32. The van der Waals surface area contributed by atoms with Gasteiger partial charge in [0, 0.05) is 36.5 Å². The third-order valence-electron chi connectivity index (χ3n) is 6.79. The molecule has 1 fully saturated rings. The topological polar surface area (TPSA) is 31.9 Å². The van der Waals surface area contributed by atoms with Gasteiger partial charge in [-0.05, 0) is 49.3 Å². The van der Waals surface area contributed by atoms with E-state index < -0.39 is 0 Å². The summed E-state index contributed by atoms with van der Waals surface area (Å²) in [4.78, 5) is 11.4. The van der Waals surface area contributed by atoms with Crippen LogP contribution in [0.25, 0.3) is 0 Å². The first-order chi connectivity index (χ1) is 12.8. The third kappa shape index (κ3) is 3.10. The van der Waals surface area contributed by atoms with E-state index in [4.69, 9.17) is 16.6 Å². The number of aromatic amines is 1. The predicted molar refractivity (Wildman–Crippen MR) is 106 cm³/mol. The van der Waals surface area contributed by atoms with Gasteiger partial charge in [0.1, 0.15) is 5.82 Å². The van der Waals surface area contributed by atoms with Crippen molar-refractivity contribution >= 4 is 11.6 Å². The number of nitrogens with one attached hydrogen (secondary N) is 1. The Bertz CT molecular complexity index is 791. The zero-order valence-electron chi connectivity index (χ0n) is 15.4. The van der Waals surface area contributed by atoms with Crippen LogP contribution >= 0.6 is 11.6 Å². The number of imidazole rings is 1. The smallest absolute Gasteiger partial charge is 0.109 e. The number of halogens is 1. The van der Waals surface area contributed by atoms with Gasteiger partial charge in [-0.15, -0.1) is 0 Å². The quantitative estimate of drug-likeness (QED) is 0.805. The van der Waals surface area contributed by atoms with Crippen LogP contribution in [0.2, 0.25) is 5.02 Å². The van der Waals surface area contributed by atoms with Crippen LogP contribution in [-0.4, -0.2) is 27.5 Å². The van der Waals surface area contributed by atoms with Gasteiger partial charge in [-0.25, -0.2) is 4.98 Å². The lowest BCUT2D eigenvalue weighted by molar-refractivity contribution is 0.160. The van der Waals surface area contributed by atoms with Crippen molar-refractivity contribution in [2.24, 2.45) is 0 Å². The van der Waals surface area contributed by atoms with E-state index in [1.807, 2.05) is 6.07 Å². The van der Waals surface area contributed by atoms with Gasteiger partial charge in [-0.3, -0.25) is 4.90 Å². The van der Waals surface area contributed by atoms with Crippen LogP contribution in [0.3, 0.4) is 0 Å². The summed E-state index contributed by atoms with van der Waals surface area (Å²) in [5, 5.41) is 0.950. The van der Waals surface area contributed by atoms with Crippen molar-refractivity contribution in [1.29, 1.82) is 0 Å². The molecule has 0 saturated heterocycles. The third-order valence-corrected chi connectivity index (χ3v) is 7.14. The number of nitrogens with zero attached hydrogens (tertiary/aromatic N) is 2. The van der Waals surface area contributed by atoms with E-state index in [2.05, 4.69) is 22.0 Å². The SMILES string of the molecule is Clc1cccc2c1CC(N1CCc3nc(C4CCCCC4)[nH]c3C1)CC2. The molecule has 5 rings (SSSR count). The van der Waals surface area contributed by atoms with E-state index in [0.29, 0.717) is 12.0 Å². The number of hydrogen-bond donors (Lipinski definition) is 1. The van der Waals surface area contributed by atoms with Crippen LogP contribution in [-0.2, 0) is 25.8 Å². The summed E-state index contributed by atoms with van der Waals surface area (Å²) in [6.45, 7) is 2.16. The molecule has 0 bridgehead atoms. The molecule has 2 aromatic rings. The van der Waals surface area contributed by atoms with Crippen LogP contribution in [0.1, 0.15) is 72.8 Å². The van der Waals surface area contributed by atoms with Gasteiger partial charge in [-0.2, -0.15) is 0 Å². The Morgan fingerprint density at radius 2 is 1.96 bits per heavy atom. The van der Waals surface area contributed by atoms with Gasteiger partial charge in [-0.1, -0.05) is 43.0 Å². The summed E-state index contributed by atoms with van der Waals surface area (Å²) in [5.74, 6) is 1.94. The van der Waals surface area contributed by atoms with Gasteiger partial charge in [0.2, 0.25) is 0 Å². The van der Waals surface area contributed by atoms with Gasteiger partial charge < -0.3 is 4.98 Å².